The Morgan fingerprint density at radius 2 is 1.97 bits per heavy atom. The van der Waals surface area contributed by atoms with Crippen molar-refractivity contribution < 1.29 is 23.8 Å². The number of carbonyl (C=O) groups excluding carboxylic acids is 2. The zero-order valence-electron chi connectivity index (χ0n) is 21.2. The third kappa shape index (κ3) is 5.83. The van der Waals surface area contributed by atoms with Crippen molar-refractivity contribution in [1.29, 1.82) is 5.41 Å². The van der Waals surface area contributed by atoms with Gasteiger partial charge in [0.05, 0.1) is 6.33 Å². The number of piperidine rings is 1. The van der Waals surface area contributed by atoms with Crippen LogP contribution in [0.15, 0.2) is 33.0 Å². The molecule has 2 aromatic heterocycles. The molecule has 3 aromatic rings. The molecular weight excluding hydrogens is 576 g/mol. The summed E-state index contributed by atoms with van der Waals surface area (Å²) in [5, 5.41) is 8.92. The van der Waals surface area contributed by atoms with E-state index in [4.69, 9.17) is 24.6 Å². The first kappa shape index (κ1) is 26.5. The number of imidazole rings is 1. The number of likely N-dealkylation sites (tertiary alicyclic amines) is 1. The van der Waals surface area contributed by atoms with Gasteiger partial charge in [-0.25, -0.2) is 9.97 Å². The van der Waals surface area contributed by atoms with Gasteiger partial charge in [-0.05, 0) is 60.2 Å². The van der Waals surface area contributed by atoms with Gasteiger partial charge in [0.25, 0.3) is 5.91 Å². The van der Waals surface area contributed by atoms with Gasteiger partial charge in [-0.1, -0.05) is 11.8 Å². The number of aromatic nitrogens is 4. The third-order valence-electron chi connectivity index (χ3n) is 6.70. The van der Waals surface area contributed by atoms with Crippen molar-refractivity contribution in [2.45, 2.75) is 55.8 Å². The highest BCUT2D eigenvalue weighted by Crippen LogP contribution is 2.41. The Morgan fingerprint density at radius 3 is 2.68 bits per heavy atom. The molecule has 0 aliphatic carbocycles. The van der Waals surface area contributed by atoms with Gasteiger partial charge in [0, 0.05) is 35.9 Å². The lowest BCUT2D eigenvalue weighted by Gasteiger charge is -2.33. The molecule has 13 heteroatoms. The van der Waals surface area contributed by atoms with Gasteiger partial charge in [0.2, 0.25) is 0 Å². The Balaban J connectivity index is 1.24. The molecule has 11 nitrogen and oxygen atoms in total. The van der Waals surface area contributed by atoms with Crippen molar-refractivity contribution in [2.75, 3.05) is 26.3 Å². The van der Waals surface area contributed by atoms with Crippen LogP contribution in [0.2, 0.25) is 0 Å². The lowest BCUT2D eigenvalue weighted by molar-refractivity contribution is -0.158. The fourth-order valence-corrected chi connectivity index (χ4v) is 6.10. The summed E-state index contributed by atoms with van der Waals surface area (Å²) in [7, 11) is 0. The number of hydrogen-bond acceptors (Lipinski definition) is 9. The second kappa shape index (κ2) is 11.4. The van der Waals surface area contributed by atoms with Crippen molar-refractivity contribution in [2.24, 2.45) is 5.92 Å². The molecule has 5 rings (SSSR count). The largest absolute Gasteiger partial charge is 0.486 e. The number of esters is 1. The number of halogens is 1. The van der Waals surface area contributed by atoms with Crippen LogP contribution in [0.1, 0.15) is 33.1 Å². The molecule has 4 heterocycles. The maximum Gasteiger partial charge on any atom is 0.303 e. The number of H-pyrrole nitrogens is 1. The quantitative estimate of drug-likeness (QED) is 0.391. The molecular formula is C25H29BrN6O5S. The minimum atomic E-state index is -0.753. The van der Waals surface area contributed by atoms with E-state index in [-0.39, 0.29) is 11.4 Å². The van der Waals surface area contributed by atoms with E-state index in [0.717, 1.165) is 28.6 Å². The molecule has 1 fully saturated rings. The van der Waals surface area contributed by atoms with E-state index in [1.807, 2.05) is 16.7 Å². The minimum absolute atomic E-state index is 0.142. The number of ether oxygens (including phenoxy) is 3. The monoisotopic (exact) mass is 604 g/mol. The van der Waals surface area contributed by atoms with E-state index in [2.05, 4.69) is 25.9 Å². The molecule has 2 N–H and O–H groups in total. The average molecular weight is 606 g/mol. The highest BCUT2D eigenvalue weighted by Gasteiger charge is 2.27. The zero-order chi connectivity index (χ0) is 26.8. The van der Waals surface area contributed by atoms with Crippen molar-refractivity contribution in [3.8, 4) is 11.5 Å². The molecule has 38 heavy (non-hydrogen) atoms. The van der Waals surface area contributed by atoms with Gasteiger partial charge in [0.15, 0.2) is 33.9 Å². The van der Waals surface area contributed by atoms with E-state index in [0.29, 0.717) is 66.6 Å². The number of nitrogens with zero attached hydrogens (tertiary/aromatic N) is 4. The molecule has 1 atom stereocenters. The highest BCUT2D eigenvalue weighted by atomic mass is 79.9. The summed E-state index contributed by atoms with van der Waals surface area (Å²) >= 11 is 5.05. The van der Waals surface area contributed by atoms with Crippen molar-refractivity contribution >= 4 is 50.7 Å². The summed E-state index contributed by atoms with van der Waals surface area (Å²) in [6, 6.07) is 3.82. The molecule has 202 valence electrons. The molecule has 2 aliphatic rings. The van der Waals surface area contributed by atoms with E-state index >= 15 is 0 Å². The number of carbonyl (C=O) groups is 2. The number of aromatic amines is 1. The minimum Gasteiger partial charge on any atom is -0.486 e. The maximum absolute atomic E-state index is 12.5. The summed E-state index contributed by atoms with van der Waals surface area (Å²) < 4.78 is 19.2. The maximum atomic E-state index is 12.5. The normalized spacial score (nSPS) is 16.4. The summed E-state index contributed by atoms with van der Waals surface area (Å²) in [4.78, 5) is 38.7. The molecule has 2 aliphatic heterocycles. The SMILES string of the molecule is CC(=O)O[C@@H](C)C(=O)N1CCC(CCn2cnc(=N)c3[nH]c(Sc4cc5c(cc4Br)OCCO5)nc32)CC1. The Labute approximate surface area is 231 Å². The summed E-state index contributed by atoms with van der Waals surface area (Å²) in [6.07, 6.45) is 3.58. The van der Waals surface area contributed by atoms with Gasteiger partial charge >= 0.3 is 5.97 Å². The number of rotatable bonds is 7. The van der Waals surface area contributed by atoms with Crippen LogP contribution in [0.4, 0.5) is 0 Å². The van der Waals surface area contributed by atoms with Crippen LogP contribution in [0, 0.1) is 11.3 Å². The Bertz CT molecular complexity index is 1420. The smallest absolute Gasteiger partial charge is 0.303 e. The van der Waals surface area contributed by atoms with Crippen molar-refractivity contribution in [1.82, 2.24) is 24.4 Å². The first-order chi connectivity index (χ1) is 18.3. The van der Waals surface area contributed by atoms with Gasteiger partial charge in [-0.2, -0.15) is 0 Å². The van der Waals surface area contributed by atoms with Crippen LogP contribution in [0.5, 0.6) is 11.5 Å². The van der Waals surface area contributed by atoms with Gasteiger partial charge in [0.1, 0.15) is 18.7 Å². The molecule has 1 aromatic carbocycles. The fraction of sp³-hybridized carbons (Fsp3) is 0.480. The Morgan fingerprint density at radius 1 is 1.26 bits per heavy atom. The topological polar surface area (TPSA) is 135 Å². The van der Waals surface area contributed by atoms with Crippen molar-refractivity contribution in [3.05, 3.63) is 28.4 Å². The van der Waals surface area contributed by atoms with Crippen LogP contribution in [-0.2, 0) is 20.9 Å². The highest BCUT2D eigenvalue weighted by molar-refractivity contribution is 9.10. The molecule has 1 amide bonds. The lowest BCUT2D eigenvalue weighted by Crippen LogP contribution is -2.44. The van der Waals surface area contributed by atoms with Crippen LogP contribution >= 0.6 is 27.7 Å². The summed E-state index contributed by atoms with van der Waals surface area (Å²) in [6.45, 7) is 5.96. The second-order valence-electron chi connectivity index (χ2n) is 9.36. The van der Waals surface area contributed by atoms with Crippen molar-refractivity contribution in [3.63, 3.8) is 0 Å². The predicted molar refractivity (Wildman–Crippen MR) is 142 cm³/mol. The third-order valence-corrected chi connectivity index (χ3v) is 8.56. The molecule has 0 unspecified atom stereocenters. The van der Waals surface area contributed by atoms with Crippen LogP contribution < -0.4 is 15.0 Å². The fourth-order valence-electron chi connectivity index (χ4n) is 4.72. The summed E-state index contributed by atoms with van der Waals surface area (Å²) in [5.74, 6) is 1.26. The van der Waals surface area contributed by atoms with Gasteiger partial charge in [-0.15, -0.1) is 0 Å². The number of fused-ring (bicyclic) bond motifs is 2. The first-order valence-electron chi connectivity index (χ1n) is 12.5. The van der Waals surface area contributed by atoms with Crippen LogP contribution in [-0.4, -0.2) is 68.7 Å². The zero-order valence-corrected chi connectivity index (χ0v) is 23.6. The van der Waals surface area contributed by atoms with Crippen LogP contribution in [0.3, 0.4) is 0 Å². The molecule has 0 radical (unpaired) electrons. The number of aryl methyl sites for hydroxylation is 1. The second-order valence-corrected chi connectivity index (χ2v) is 11.2. The number of nitrogens with one attached hydrogen (secondary N) is 2. The molecule has 0 spiro atoms. The molecule has 0 bridgehead atoms. The lowest BCUT2D eigenvalue weighted by atomic mass is 9.93. The van der Waals surface area contributed by atoms with E-state index < -0.39 is 12.1 Å². The molecule has 1 saturated heterocycles. The predicted octanol–water partition coefficient (Wildman–Crippen LogP) is 3.50. The van der Waals surface area contributed by atoms with Gasteiger partial charge < -0.3 is 28.7 Å². The van der Waals surface area contributed by atoms with Crippen LogP contribution in [0.25, 0.3) is 11.2 Å². The number of amides is 1. The Kier molecular flexibility index (Phi) is 7.93. The molecule has 0 saturated carbocycles. The van der Waals surface area contributed by atoms with E-state index in [1.165, 1.54) is 18.7 Å². The summed E-state index contributed by atoms with van der Waals surface area (Å²) in [5.41, 5.74) is 1.41. The van der Waals surface area contributed by atoms with E-state index in [1.54, 1.807) is 18.2 Å². The number of benzene rings is 1. The van der Waals surface area contributed by atoms with Gasteiger partial charge in [-0.3, -0.25) is 15.0 Å². The first-order valence-corrected chi connectivity index (χ1v) is 14.1. The Hall–Kier alpha value is -3.06. The average Bonchev–Trinajstić information content (AvgIpc) is 3.33. The standard InChI is InChI=1S/C25H29BrN6O5S/c1-14(37-15(2)33)24(34)31-6-3-16(4-7-31)5-8-32-13-28-22(27)21-23(32)30-25(29-21)38-20-12-19-18(11-17(20)26)35-9-10-36-19/h11-14,16,27H,3-10H2,1-2H3,(H,29,30)/t14-/m0/s1. The number of hydrogen-bond donors (Lipinski definition) is 2. The van der Waals surface area contributed by atoms with E-state index in [9.17, 15) is 9.59 Å².